The van der Waals surface area contributed by atoms with E-state index in [0.29, 0.717) is 12.3 Å². The molecule has 0 radical (unpaired) electrons. The molecule has 1 amide bonds. The number of anilines is 2. The largest absolute Gasteiger partial charge is 0.373 e. The summed E-state index contributed by atoms with van der Waals surface area (Å²) in [6.45, 7) is 4.03. The second-order valence-corrected chi connectivity index (χ2v) is 3.83. The average molecular weight is 244 g/mol. The minimum Gasteiger partial charge on any atom is -0.373 e. The number of nitrogens with one attached hydrogen (secondary N) is 2. The summed E-state index contributed by atoms with van der Waals surface area (Å²) in [6, 6.07) is 3.65. The van der Waals surface area contributed by atoms with Gasteiger partial charge in [-0.15, -0.1) is 12.4 Å². The molecule has 2 N–H and O–H groups in total. The Morgan fingerprint density at radius 3 is 2.56 bits per heavy atom. The number of carbonyl (C=O) groups excluding carboxylic acids is 1. The third-order valence-corrected chi connectivity index (χ3v) is 1.90. The van der Waals surface area contributed by atoms with Crippen LogP contribution in [-0.4, -0.2) is 17.9 Å². The summed E-state index contributed by atoms with van der Waals surface area (Å²) in [6.07, 6.45) is 2.18. The van der Waals surface area contributed by atoms with E-state index in [1.54, 1.807) is 13.2 Å². The van der Waals surface area contributed by atoms with Gasteiger partial charge in [0, 0.05) is 13.5 Å². The molecule has 0 saturated carbocycles. The maximum atomic E-state index is 11.4. The maximum absolute atomic E-state index is 11.4. The van der Waals surface area contributed by atoms with Crippen LogP contribution in [0.3, 0.4) is 0 Å². The van der Waals surface area contributed by atoms with Crippen LogP contribution in [0.15, 0.2) is 18.3 Å². The Kier molecular flexibility index (Phi) is 6.49. The van der Waals surface area contributed by atoms with Gasteiger partial charge in [0.2, 0.25) is 5.91 Å². The van der Waals surface area contributed by atoms with E-state index in [-0.39, 0.29) is 18.3 Å². The predicted molar refractivity (Wildman–Crippen MR) is 69.1 cm³/mol. The van der Waals surface area contributed by atoms with Crippen LogP contribution in [-0.2, 0) is 4.79 Å². The Balaban J connectivity index is 0.00000225. The monoisotopic (exact) mass is 243 g/mol. The lowest BCUT2D eigenvalue weighted by Crippen LogP contribution is -2.13. The SMILES string of the molecule is CNc1ccc(NC(=O)CC(C)C)cn1.Cl. The maximum Gasteiger partial charge on any atom is 0.224 e. The van der Waals surface area contributed by atoms with E-state index in [2.05, 4.69) is 15.6 Å². The minimum atomic E-state index is 0. The first kappa shape index (κ1) is 14.7. The fourth-order valence-electron chi connectivity index (χ4n) is 1.20. The summed E-state index contributed by atoms with van der Waals surface area (Å²) in [4.78, 5) is 15.5. The van der Waals surface area contributed by atoms with Gasteiger partial charge in [-0.1, -0.05) is 13.8 Å². The van der Waals surface area contributed by atoms with Gasteiger partial charge in [-0.3, -0.25) is 4.79 Å². The molecule has 0 unspecified atom stereocenters. The first-order valence-electron chi connectivity index (χ1n) is 5.05. The van der Waals surface area contributed by atoms with Crippen LogP contribution in [0.4, 0.5) is 11.5 Å². The van der Waals surface area contributed by atoms with E-state index in [1.807, 2.05) is 26.0 Å². The van der Waals surface area contributed by atoms with Gasteiger partial charge >= 0.3 is 0 Å². The summed E-state index contributed by atoms with van der Waals surface area (Å²) in [7, 11) is 1.80. The number of carbonyl (C=O) groups is 1. The Morgan fingerprint density at radius 1 is 1.44 bits per heavy atom. The van der Waals surface area contributed by atoms with Gasteiger partial charge in [0.1, 0.15) is 5.82 Å². The zero-order valence-corrected chi connectivity index (χ0v) is 10.6. The average Bonchev–Trinajstić information content (AvgIpc) is 2.17. The summed E-state index contributed by atoms with van der Waals surface area (Å²) in [5, 5.41) is 5.71. The second-order valence-electron chi connectivity index (χ2n) is 3.83. The Morgan fingerprint density at radius 2 is 2.12 bits per heavy atom. The molecule has 0 atom stereocenters. The first-order valence-corrected chi connectivity index (χ1v) is 5.05. The summed E-state index contributed by atoms with van der Waals surface area (Å²) < 4.78 is 0. The highest BCUT2D eigenvalue weighted by Crippen LogP contribution is 2.10. The van der Waals surface area contributed by atoms with Gasteiger partial charge < -0.3 is 10.6 Å². The molecule has 0 spiro atoms. The van der Waals surface area contributed by atoms with Crippen molar-refractivity contribution < 1.29 is 4.79 Å². The zero-order chi connectivity index (χ0) is 11.3. The molecule has 0 bridgehead atoms. The van der Waals surface area contributed by atoms with Crippen molar-refractivity contribution in [2.24, 2.45) is 5.92 Å². The van der Waals surface area contributed by atoms with Crippen molar-refractivity contribution in [1.29, 1.82) is 0 Å². The third-order valence-electron chi connectivity index (χ3n) is 1.90. The van der Waals surface area contributed by atoms with E-state index in [0.717, 1.165) is 11.5 Å². The highest BCUT2D eigenvalue weighted by molar-refractivity contribution is 5.90. The lowest BCUT2D eigenvalue weighted by Gasteiger charge is -2.07. The first-order chi connectivity index (χ1) is 7.11. The van der Waals surface area contributed by atoms with E-state index in [1.165, 1.54) is 0 Å². The Bertz CT molecular complexity index is 325. The highest BCUT2D eigenvalue weighted by Gasteiger charge is 2.04. The molecule has 0 aromatic carbocycles. The summed E-state index contributed by atoms with van der Waals surface area (Å²) in [5.74, 6) is 1.19. The molecule has 90 valence electrons. The molecule has 0 aliphatic rings. The van der Waals surface area contributed by atoms with Crippen LogP contribution >= 0.6 is 12.4 Å². The van der Waals surface area contributed by atoms with Crippen molar-refractivity contribution in [3.05, 3.63) is 18.3 Å². The molecule has 0 saturated heterocycles. The Hall–Kier alpha value is -1.29. The van der Waals surface area contributed by atoms with Gasteiger partial charge in [-0.2, -0.15) is 0 Å². The van der Waals surface area contributed by atoms with E-state index >= 15 is 0 Å². The fourth-order valence-corrected chi connectivity index (χ4v) is 1.20. The van der Waals surface area contributed by atoms with Crippen molar-refractivity contribution in [2.75, 3.05) is 17.7 Å². The van der Waals surface area contributed by atoms with Gasteiger partial charge in [0.05, 0.1) is 11.9 Å². The molecular weight excluding hydrogens is 226 g/mol. The molecule has 0 aliphatic carbocycles. The van der Waals surface area contributed by atoms with E-state index in [4.69, 9.17) is 0 Å². The van der Waals surface area contributed by atoms with Crippen molar-refractivity contribution in [1.82, 2.24) is 4.98 Å². The van der Waals surface area contributed by atoms with Crippen LogP contribution in [0.1, 0.15) is 20.3 Å². The van der Waals surface area contributed by atoms with Crippen LogP contribution in [0, 0.1) is 5.92 Å². The molecule has 1 aromatic heterocycles. The van der Waals surface area contributed by atoms with Gasteiger partial charge in [-0.05, 0) is 18.1 Å². The number of amides is 1. The topological polar surface area (TPSA) is 54.0 Å². The van der Waals surface area contributed by atoms with E-state index in [9.17, 15) is 4.79 Å². The van der Waals surface area contributed by atoms with Crippen molar-refractivity contribution in [3.63, 3.8) is 0 Å². The van der Waals surface area contributed by atoms with Crippen molar-refractivity contribution in [3.8, 4) is 0 Å². The van der Waals surface area contributed by atoms with Crippen LogP contribution in [0.25, 0.3) is 0 Å². The minimum absolute atomic E-state index is 0. The van der Waals surface area contributed by atoms with Crippen LogP contribution in [0.2, 0.25) is 0 Å². The van der Waals surface area contributed by atoms with Crippen molar-refractivity contribution >= 4 is 29.8 Å². The van der Waals surface area contributed by atoms with Crippen LogP contribution in [0.5, 0.6) is 0 Å². The number of rotatable bonds is 4. The molecule has 0 aliphatic heterocycles. The number of nitrogens with zero attached hydrogens (tertiary/aromatic N) is 1. The quantitative estimate of drug-likeness (QED) is 0.855. The lowest BCUT2D eigenvalue weighted by molar-refractivity contribution is -0.116. The molecule has 16 heavy (non-hydrogen) atoms. The summed E-state index contributed by atoms with van der Waals surface area (Å²) >= 11 is 0. The number of hydrogen-bond donors (Lipinski definition) is 2. The molecular formula is C11H18ClN3O. The molecule has 5 heteroatoms. The normalized spacial score (nSPS) is 9.50. The number of aromatic nitrogens is 1. The van der Waals surface area contributed by atoms with Crippen molar-refractivity contribution in [2.45, 2.75) is 20.3 Å². The van der Waals surface area contributed by atoms with E-state index < -0.39 is 0 Å². The molecule has 1 rings (SSSR count). The van der Waals surface area contributed by atoms with Gasteiger partial charge in [0.25, 0.3) is 0 Å². The zero-order valence-electron chi connectivity index (χ0n) is 9.78. The lowest BCUT2D eigenvalue weighted by atomic mass is 10.1. The smallest absolute Gasteiger partial charge is 0.224 e. The predicted octanol–water partition coefficient (Wildman–Crippen LogP) is 2.53. The number of hydrogen-bond acceptors (Lipinski definition) is 3. The number of halogens is 1. The molecule has 0 fully saturated rings. The standard InChI is InChI=1S/C11H17N3O.ClH/c1-8(2)6-11(15)14-9-4-5-10(12-3)13-7-9;/h4-5,7-8H,6H2,1-3H3,(H,12,13)(H,14,15);1H. The Labute approximate surface area is 102 Å². The molecule has 1 aromatic rings. The molecule has 1 heterocycles. The number of pyridine rings is 1. The van der Waals surface area contributed by atoms with Gasteiger partial charge in [0.15, 0.2) is 0 Å². The van der Waals surface area contributed by atoms with Crippen LogP contribution < -0.4 is 10.6 Å². The second kappa shape index (κ2) is 7.06. The third kappa shape index (κ3) is 4.98. The van der Waals surface area contributed by atoms with Gasteiger partial charge in [-0.25, -0.2) is 4.98 Å². The highest BCUT2D eigenvalue weighted by atomic mass is 35.5. The summed E-state index contributed by atoms with van der Waals surface area (Å²) in [5.41, 5.74) is 0.736. The fraction of sp³-hybridized carbons (Fsp3) is 0.455. The molecule has 4 nitrogen and oxygen atoms in total.